The van der Waals surface area contributed by atoms with Crippen LogP contribution in [0.4, 0.5) is 5.69 Å². The molecule has 1 aromatic carbocycles. The summed E-state index contributed by atoms with van der Waals surface area (Å²) >= 11 is 0. The Kier molecular flexibility index (Phi) is 6.16. The number of likely N-dealkylation sites (tertiary alicyclic amines) is 1. The fourth-order valence-corrected chi connectivity index (χ4v) is 3.57. The van der Waals surface area contributed by atoms with E-state index in [1.54, 1.807) is 19.4 Å². The molecule has 2 amide bonds. The van der Waals surface area contributed by atoms with E-state index >= 15 is 0 Å². The van der Waals surface area contributed by atoms with Gasteiger partial charge in [0.15, 0.2) is 0 Å². The third-order valence-corrected chi connectivity index (χ3v) is 5.12. The van der Waals surface area contributed by atoms with Crippen molar-refractivity contribution >= 4 is 17.5 Å². The number of aromatic amines is 1. The number of amides is 2. The Morgan fingerprint density at radius 2 is 2.19 bits per heavy atom. The maximum Gasteiger partial charge on any atom is 0.270 e. The standard InChI is InChI=1S/C21H27N3O3/c1-15-13-17(27-2)8-9-18(15)23-20(25)10-7-16-5-4-12-24(14-16)21(26)19-6-3-11-22-19/h3,6,8-9,11,13,16,22H,4-5,7,10,12,14H2,1-2H3,(H,23,25)/t16-/m1/s1. The lowest BCUT2D eigenvalue weighted by atomic mass is 9.93. The maximum atomic E-state index is 12.5. The number of hydrogen-bond donors (Lipinski definition) is 2. The number of carbonyl (C=O) groups excluding carboxylic acids is 2. The highest BCUT2D eigenvalue weighted by molar-refractivity contribution is 5.92. The second-order valence-electron chi connectivity index (χ2n) is 7.11. The van der Waals surface area contributed by atoms with E-state index in [4.69, 9.17) is 4.74 Å². The van der Waals surface area contributed by atoms with Crippen molar-refractivity contribution in [1.29, 1.82) is 0 Å². The molecule has 0 unspecified atom stereocenters. The van der Waals surface area contributed by atoms with Crippen molar-refractivity contribution in [2.45, 2.75) is 32.6 Å². The molecule has 0 spiro atoms. The van der Waals surface area contributed by atoms with E-state index in [2.05, 4.69) is 10.3 Å². The van der Waals surface area contributed by atoms with Crippen LogP contribution in [0.15, 0.2) is 36.5 Å². The highest BCUT2D eigenvalue weighted by Gasteiger charge is 2.25. The Balaban J connectivity index is 1.49. The third kappa shape index (κ3) is 4.90. The number of benzene rings is 1. The summed E-state index contributed by atoms with van der Waals surface area (Å²) in [5.41, 5.74) is 2.42. The van der Waals surface area contributed by atoms with Gasteiger partial charge in [0.25, 0.3) is 5.91 Å². The van der Waals surface area contributed by atoms with E-state index in [0.29, 0.717) is 24.6 Å². The van der Waals surface area contributed by atoms with Gasteiger partial charge in [-0.2, -0.15) is 0 Å². The predicted molar refractivity (Wildman–Crippen MR) is 105 cm³/mol. The molecule has 0 saturated carbocycles. The summed E-state index contributed by atoms with van der Waals surface area (Å²) in [7, 11) is 1.63. The first kappa shape index (κ1) is 19.0. The smallest absolute Gasteiger partial charge is 0.270 e. The molecule has 0 aliphatic carbocycles. The van der Waals surface area contributed by atoms with Gasteiger partial charge in [-0.1, -0.05) is 0 Å². The molecular weight excluding hydrogens is 342 g/mol. The number of rotatable bonds is 6. The zero-order valence-electron chi connectivity index (χ0n) is 16.0. The van der Waals surface area contributed by atoms with Crippen molar-refractivity contribution in [3.8, 4) is 5.75 Å². The lowest BCUT2D eigenvalue weighted by molar-refractivity contribution is -0.116. The SMILES string of the molecule is COc1ccc(NC(=O)CC[C@H]2CCCN(C(=O)c3ccc[nH]3)C2)c(C)c1. The van der Waals surface area contributed by atoms with Gasteiger partial charge in [-0.05, 0) is 68.0 Å². The largest absolute Gasteiger partial charge is 0.497 e. The quantitative estimate of drug-likeness (QED) is 0.817. The first-order chi connectivity index (χ1) is 13.1. The maximum absolute atomic E-state index is 12.5. The number of ether oxygens (including phenoxy) is 1. The number of H-pyrrole nitrogens is 1. The molecule has 144 valence electrons. The number of nitrogens with zero attached hydrogens (tertiary/aromatic N) is 1. The van der Waals surface area contributed by atoms with Crippen LogP contribution in [0.25, 0.3) is 0 Å². The molecule has 6 nitrogen and oxygen atoms in total. The van der Waals surface area contributed by atoms with Crippen molar-refractivity contribution in [3.63, 3.8) is 0 Å². The second kappa shape index (κ2) is 8.75. The molecule has 1 aromatic heterocycles. The molecule has 1 atom stereocenters. The minimum absolute atomic E-state index is 0.0103. The van der Waals surface area contributed by atoms with Gasteiger partial charge in [-0.3, -0.25) is 9.59 Å². The van der Waals surface area contributed by atoms with Gasteiger partial charge in [0.05, 0.1) is 7.11 Å². The highest BCUT2D eigenvalue weighted by atomic mass is 16.5. The molecular formula is C21H27N3O3. The van der Waals surface area contributed by atoms with Gasteiger partial charge >= 0.3 is 0 Å². The van der Waals surface area contributed by atoms with Gasteiger partial charge in [0, 0.05) is 31.4 Å². The molecule has 0 radical (unpaired) electrons. The van der Waals surface area contributed by atoms with E-state index in [9.17, 15) is 9.59 Å². The van der Waals surface area contributed by atoms with Crippen LogP contribution in [-0.4, -0.2) is 41.9 Å². The molecule has 6 heteroatoms. The third-order valence-electron chi connectivity index (χ3n) is 5.12. The molecule has 3 rings (SSSR count). The Hall–Kier alpha value is -2.76. The van der Waals surface area contributed by atoms with Gasteiger partial charge < -0.3 is 19.9 Å². The minimum Gasteiger partial charge on any atom is -0.497 e. The first-order valence-corrected chi connectivity index (χ1v) is 9.44. The summed E-state index contributed by atoms with van der Waals surface area (Å²) in [5.74, 6) is 1.19. The van der Waals surface area contributed by atoms with Crippen LogP contribution in [0.5, 0.6) is 5.75 Å². The molecule has 2 aromatic rings. The summed E-state index contributed by atoms with van der Waals surface area (Å²) in [6.07, 6.45) is 5.05. The van der Waals surface area contributed by atoms with Crippen molar-refractivity contribution in [1.82, 2.24) is 9.88 Å². The van der Waals surface area contributed by atoms with E-state index in [1.165, 1.54) is 0 Å². The lowest BCUT2D eigenvalue weighted by Gasteiger charge is -2.32. The number of methoxy groups -OCH3 is 1. The molecule has 1 fully saturated rings. The molecule has 27 heavy (non-hydrogen) atoms. The number of piperidine rings is 1. The van der Waals surface area contributed by atoms with Crippen LogP contribution in [0.1, 0.15) is 41.7 Å². The Labute approximate surface area is 159 Å². The monoisotopic (exact) mass is 369 g/mol. The number of aromatic nitrogens is 1. The summed E-state index contributed by atoms with van der Waals surface area (Å²) in [6.45, 7) is 3.45. The van der Waals surface area contributed by atoms with E-state index in [0.717, 1.165) is 42.8 Å². The topological polar surface area (TPSA) is 74.4 Å². The molecule has 2 heterocycles. The fraction of sp³-hybridized carbons (Fsp3) is 0.429. The summed E-state index contributed by atoms with van der Waals surface area (Å²) in [5, 5.41) is 2.98. The van der Waals surface area contributed by atoms with Crippen molar-refractivity contribution in [2.75, 3.05) is 25.5 Å². The van der Waals surface area contributed by atoms with E-state index < -0.39 is 0 Å². The van der Waals surface area contributed by atoms with Gasteiger partial charge in [-0.25, -0.2) is 0 Å². The Bertz CT molecular complexity index is 786. The summed E-state index contributed by atoms with van der Waals surface area (Å²) in [6, 6.07) is 9.24. The minimum atomic E-state index is 0.0103. The normalized spacial score (nSPS) is 16.8. The molecule has 1 aliphatic heterocycles. The van der Waals surface area contributed by atoms with Gasteiger partial charge in [0.1, 0.15) is 11.4 Å². The average Bonchev–Trinajstić information content (AvgIpc) is 3.22. The Morgan fingerprint density at radius 1 is 1.33 bits per heavy atom. The van der Waals surface area contributed by atoms with Crippen LogP contribution in [0.2, 0.25) is 0 Å². The first-order valence-electron chi connectivity index (χ1n) is 9.44. The number of aryl methyl sites for hydroxylation is 1. The zero-order valence-corrected chi connectivity index (χ0v) is 16.0. The van der Waals surface area contributed by atoms with Gasteiger partial charge in [-0.15, -0.1) is 0 Å². The van der Waals surface area contributed by atoms with Crippen LogP contribution in [-0.2, 0) is 4.79 Å². The number of carbonyl (C=O) groups is 2. The van der Waals surface area contributed by atoms with Crippen LogP contribution in [0.3, 0.4) is 0 Å². The molecule has 1 saturated heterocycles. The second-order valence-corrected chi connectivity index (χ2v) is 7.11. The number of anilines is 1. The molecule has 2 N–H and O–H groups in total. The van der Waals surface area contributed by atoms with Crippen molar-refractivity contribution < 1.29 is 14.3 Å². The lowest BCUT2D eigenvalue weighted by Crippen LogP contribution is -2.40. The molecule has 1 aliphatic rings. The van der Waals surface area contributed by atoms with Crippen molar-refractivity contribution in [3.05, 3.63) is 47.8 Å². The fourth-order valence-electron chi connectivity index (χ4n) is 3.57. The summed E-state index contributed by atoms with van der Waals surface area (Å²) < 4.78 is 5.19. The summed E-state index contributed by atoms with van der Waals surface area (Å²) in [4.78, 5) is 29.7. The number of nitrogens with one attached hydrogen (secondary N) is 2. The van der Waals surface area contributed by atoms with Crippen LogP contribution >= 0.6 is 0 Å². The highest BCUT2D eigenvalue weighted by Crippen LogP contribution is 2.24. The van der Waals surface area contributed by atoms with E-state index in [-0.39, 0.29) is 11.8 Å². The van der Waals surface area contributed by atoms with Crippen LogP contribution < -0.4 is 10.1 Å². The van der Waals surface area contributed by atoms with Crippen LogP contribution in [0, 0.1) is 12.8 Å². The Morgan fingerprint density at radius 3 is 2.89 bits per heavy atom. The number of hydrogen-bond acceptors (Lipinski definition) is 3. The van der Waals surface area contributed by atoms with Crippen molar-refractivity contribution in [2.24, 2.45) is 5.92 Å². The van der Waals surface area contributed by atoms with Gasteiger partial charge in [0.2, 0.25) is 5.91 Å². The average molecular weight is 369 g/mol. The predicted octanol–water partition coefficient (Wildman–Crippen LogP) is 3.60. The zero-order chi connectivity index (χ0) is 19.2. The van der Waals surface area contributed by atoms with E-state index in [1.807, 2.05) is 36.1 Å². The molecule has 0 bridgehead atoms.